The summed E-state index contributed by atoms with van der Waals surface area (Å²) in [6.45, 7) is 0.432. The Bertz CT molecular complexity index is 1650. The number of allylic oxidation sites excluding steroid dienone is 1. The molecule has 2 saturated carbocycles. The van der Waals surface area contributed by atoms with E-state index in [1.54, 1.807) is 23.4 Å². The van der Waals surface area contributed by atoms with Gasteiger partial charge in [0.25, 0.3) is 0 Å². The molecule has 0 spiro atoms. The number of halogens is 1. The third kappa shape index (κ3) is 5.13. The van der Waals surface area contributed by atoms with Gasteiger partial charge in [-0.2, -0.15) is 5.10 Å². The number of aryl methyl sites for hydroxylation is 1. The van der Waals surface area contributed by atoms with Gasteiger partial charge in [-0.1, -0.05) is 36.2 Å². The molecule has 2 aliphatic carbocycles. The first-order chi connectivity index (χ1) is 19.3. The molecular formula is C32H31ClN4O2. The number of hydrogen-bond donors (Lipinski definition) is 0. The van der Waals surface area contributed by atoms with Crippen molar-refractivity contribution in [3.8, 4) is 11.1 Å². The van der Waals surface area contributed by atoms with E-state index >= 15 is 0 Å². The fourth-order valence-electron chi connectivity index (χ4n) is 6.17. The topological polar surface area (TPSA) is 68.1 Å². The quantitative estimate of drug-likeness (QED) is 0.241. The lowest BCUT2D eigenvalue weighted by Gasteiger charge is -2.30. The van der Waals surface area contributed by atoms with Gasteiger partial charge in [0.05, 0.1) is 31.5 Å². The predicted molar refractivity (Wildman–Crippen MR) is 155 cm³/mol. The molecule has 2 aliphatic rings. The van der Waals surface area contributed by atoms with Crippen LogP contribution >= 0.6 is 11.6 Å². The number of anilines is 1. The van der Waals surface area contributed by atoms with E-state index in [1.165, 1.54) is 19.4 Å². The maximum absolute atomic E-state index is 14.1. The molecule has 39 heavy (non-hydrogen) atoms. The number of fused-ring (bicyclic) bond motifs is 3. The summed E-state index contributed by atoms with van der Waals surface area (Å²) < 4.78 is 11.1. The minimum Gasteiger partial charge on any atom is -0.306 e. The molecule has 2 bridgehead atoms. The second-order valence-corrected chi connectivity index (χ2v) is 11.2. The van der Waals surface area contributed by atoms with Gasteiger partial charge in [-0.05, 0) is 96.7 Å². The maximum Gasteiger partial charge on any atom is 0.230 e. The number of pyridine rings is 1. The van der Waals surface area contributed by atoms with Gasteiger partial charge >= 0.3 is 0 Å². The van der Waals surface area contributed by atoms with Crippen LogP contribution < -0.4 is 4.90 Å². The van der Waals surface area contributed by atoms with Gasteiger partial charge in [-0.25, -0.2) is 0 Å². The summed E-state index contributed by atoms with van der Waals surface area (Å²) >= 11 is 6.83. The Morgan fingerprint density at radius 1 is 1.10 bits per heavy atom. The Kier molecular flexibility index (Phi) is 6.49. The summed E-state index contributed by atoms with van der Waals surface area (Å²) in [5.74, 6) is 0.721. The molecule has 198 valence electrons. The van der Waals surface area contributed by atoms with Crippen LogP contribution in [0.25, 0.3) is 28.1 Å². The number of hydrogen-bond acceptors (Lipinski definition) is 4. The lowest BCUT2D eigenvalue weighted by Crippen LogP contribution is -2.38. The van der Waals surface area contributed by atoms with Crippen molar-refractivity contribution in [2.75, 3.05) is 4.90 Å². The van der Waals surface area contributed by atoms with Gasteiger partial charge in [0.15, 0.2) is 5.78 Å². The summed E-state index contributed by atoms with van der Waals surface area (Å²) in [5.41, 5.74) is 4.74. The van der Waals surface area contributed by atoms with Crippen LogP contribution in [0.5, 0.6) is 0 Å². The van der Waals surface area contributed by atoms with Gasteiger partial charge in [-0.3, -0.25) is 19.3 Å². The van der Waals surface area contributed by atoms with Crippen molar-refractivity contribution in [2.45, 2.75) is 39.1 Å². The average molecular weight is 540 g/mol. The summed E-state index contributed by atoms with van der Waals surface area (Å²) in [7, 11) is 1.91. The molecule has 1 unspecified atom stereocenters. The molecule has 6 nitrogen and oxygen atoms in total. The first kappa shape index (κ1) is 24.3. The molecule has 7 heteroatoms. The fraction of sp³-hybridized carbons (Fsp3) is 0.312. The number of ketones is 1. The number of benzene rings is 2. The normalized spacial score (nSPS) is 21.4. The molecule has 0 radical (unpaired) electrons. The average Bonchev–Trinajstić information content (AvgIpc) is 3.68. The smallest absolute Gasteiger partial charge is 0.230 e. The first-order valence-corrected chi connectivity index (χ1v) is 13.8. The van der Waals surface area contributed by atoms with E-state index in [0.29, 0.717) is 33.7 Å². The second kappa shape index (κ2) is 10.4. The summed E-state index contributed by atoms with van der Waals surface area (Å²) in [6.07, 6.45) is 12.4. The van der Waals surface area contributed by atoms with Crippen LogP contribution in [-0.4, -0.2) is 26.5 Å². The molecular weight excluding hydrogens is 508 g/mol. The zero-order valence-corrected chi connectivity index (χ0v) is 22.8. The van der Waals surface area contributed by atoms with Crippen molar-refractivity contribution < 1.29 is 11.0 Å². The van der Waals surface area contributed by atoms with E-state index in [-0.39, 0.29) is 17.6 Å². The second-order valence-electron chi connectivity index (χ2n) is 10.8. The highest BCUT2D eigenvalue weighted by Crippen LogP contribution is 2.49. The van der Waals surface area contributed by atoms with Crippen LogP contribution in [0.15, 0.2) is 67.1 Å². The third-order valence-corrected chi connectivity index (χ3v) is 8.50. The summed E-state index contributed by atoms with van der Waals surface area (Å²) in [6, 6.07) is 13.6. The van der Waals surface area contributed by atoms with Crippen LogP contribution in [0.3, 0.4) is 0 Å². The standard InChI is InChI=1S/C32H31ClN4O2/c1-20(38)3-4-22-12-28(18-34-16-22)37(32(39)29-13-21-5-6-25(29)11-21)19-26-8-7-24(15-30(26)33)23-9-10-31-27(14-23)17-35-36(31)2/h3-4,7-10,12,14-18,21,25,29H,5-6,11,13,19H2,1-2H3/b4-3+/t21-,25+,29-/m1/s1/i19D/t19?,21-,25+,29-. The number of rotatable bonds is 7. The monoisotopic (exact) mass is 539 g/mol. The molecule has 0 aliphatic heterocycles. The van der Waals surface area contributed by atoms with Gasteiger partial charge < -0.3 is 4.90 Å². The van der Waals surface area contributed by atoms with Crippen LogP contribution in [0.2, 0.25) is 5.02 Å². The molecule has 4 aromatic rings. The zero-order chi connectivity index (χ0) is 28.0. The Hall–Kier alpha value is -3.77. The summed E-state index contributed by atoms with van der Waals surface area (Å²) in [4.78, 5) is 31.5. The Labute approximate surface area is 234 Å². The molecule has 2 aromatic carbocycles. The molecule has 2 aromatic heterocycles. The number of nitrogens with zero attached hydrogens (tertiary/aromatic N) is 4. The highest BCUT2D eigenvalue weighted by Gasteiger charge is 2.44. The molecule has 0 saturated heterocycles. The van der Waals surface area contributed by atoms with Crippen molar-refractivity contribution in [1.29, 1.82) is 0 Å². The van der Waals surface area contributed by atoms with Crippen molar-refractivity contribution >= 4 is 46.0 Å². The number of amides is 1. The van der Waals surface area contributed by atoms with E-state index in [2.05, 4.69) is 16.1 Å². The SMILES string of the molecule is [2H]C(c1ccc(-c2ccc3c(cnn3C)c2)cc1Cl)N(C(=O)[C@@H]1C[C@@H]2CC[C@H]1C2)c1cncc(/C=C/C(C)=O)c1. The van der Waals surface area contributed by atoms with Crippen molar-refractivity contribution in [1.82, 2.24) is 14.8 Å². The molecule has 6 rings (SSSR count). The lowest BCUT2D eigenvalue weighted by molar-refractivity contribution is -0.124. The van der Waals surface area contributed by atoms with Crippen molar-refractivity contribution in [2.24, 2.45) is 24.8 Å². The fourth-order valence-corrected chi connectivity index (χ4v) is 6.40. The van der Waals surface area contributed by atoms with Crippen LogP contribution in [0.1, 0.15) is 45.1 Å². The largest absolute Gasteiger partial charge is 0.306 e. The minimum absolute atomic E-state index is 0.0520. The van der Waals surface area contributed by atoms with Crippen LogP contribution in [0.4, 0.5) is 5.69 Å². The predicted octanol–water partition coefficient (Wildman–Crippen LogP) is 6.86. The minimum atomic E-state index is -1.05. The van der Waals surface area contributed by atoms with E-state index in [0.717, 1.165) is 41.3 Å². The first-order valence-electron chi connectivity index (χ1n) is 14.0. The molecule has 4 atom stereocenters. The third-order valence-electron chi connectivity index (χ3n) is 8.17. The van der Waals surface area contributed by atoms with Crippen molar-refractivity contribution in [3.05, 3.63) is 83.3 Å². The van der Waals surface area contributed by atoms with Crippen LogP contribution in [-0.2, 0) is 23.2 Å². The van der Waals surface area contributed by atoms with E-state index in [1.807, 2.05) is 54.3 Å². The highest BCUT2D eigenvalue weighted by molar-refractivity contribution is 6.31. The number of aromatic nitrogens is 3. The highest BCUT2D eigenvalue weighted by atomic mass is 35.5. The number of carbonyl (C=O) groups excluding carboxylic acids is 2. The lowest BCUT2D eigenvalue weighted by atomic mass is 9.87. The van der Waals surface area contributed by atoms with Gasteiger partial charge in [0, 0.05) is 29.6 Å². The van der Waals surface area contributed by atoms with Gasteiger partial charge in [-0.15, -0.1) is 0 Å². The zero-order valence-electron chi connectivity index (χ0n) is 23.0. The molecule has 0 N–H and O–H groups in total. The van der Waals surface area contributed by atoms with Crippen molar-refractivity contribution in [3.63, 3.8) is 0 Å². The Balaban J connectivity index is 1.36. The summed E-state index contributed by atoms with van der Waals surface area (Å²) in [5, 5.41) is 5.79. The van der Waals surface area contributed by atoms with Crippen LogP contribution in [0, 0.1) is 17.8 Å². The molecule has 2 heterocycles. The van der Waals surface area contributed by atoms with E-state index in [9.17, 15) is 11.0 Å². The van der Waals surface area contributed by atoms with Gasteiger partial charge in [0.2, 0.25) is 5.91 Å². The maximum atomic E-state index is 14.1. The van der Waals surface area contributed by atoms with E-state index < -0.39 is 6.52 Å². The van der Waals surface area contributed by atoms with E-state index in [4.69, 9.17) is 11.6 Å². The Morgan fingerprint density at radius 3 is 2.67 bits per heavy atom. The Morgan fingerprint density at radius 2 is 1.92 bits per heavy atom. The molecule has 2 fully saturated rings. The molecule has 1 amide bonds. The van der Waals surface area contributed by atoms with Gasteiger partial charge in [0.1, 0.15) is 0 Å². The number of carbonyl (C=O) groups is 2.